The second-order valence-corrected chi connectivity index (χ2v) is 14.1. The Morgan fingerprint density at radius 1 is 1.17 bits per heavy atom. The molecule has 188 valence electrons. The third-order valence-electron chi connectivity index (χ3n) is 6.22. The number of hydrogen-bond acceptors (Lipinski definition) is 8. The van der Waals surface area contributed by atoms with Gasteiger partial charge < -0.3 is 19.2 Å². The van der Waals surface area contributed by atoms with Crippen LogP contribution in [0.2, 0.25) is 5.02 Å². The van der Waals surface area contributed by atoms with Gasteiger partial charge in [0.2, 0.25) is 0 Å². The molecule has 0 fully saturated rings. The molecule has 8 nitrogen and oxygen atoms in total. The third-order valence-corrected chi connectivity index (χ3v) is 9.85. The number of hydrogen-bond donors (Lipinski definition) is 0. The summed E-state index contributed by atoms with van der Waals surface area (Å²) in [6, 6.07) is 8.12. The number of carboxylic acid groups (broad SMARTS) is 1. The number of fused-ring (bicyclic) bond motifs is 3. The Labute approximate surface area is 213 Å². The number of ether oxygens (including phenoxy) is 1. The van der Waals surface area contributed by atoms with Crippen molar-refractivity contribution in [2.45, 2.75) is 45.4 Å². The van der Waals surface area contributed by atoms with E-state index in [4.69, 9.17) is 16.3 Å². The number of carboxylic acids is 1. The molecular weight excluding hydrogens is 534 g/mol. The van der Waals surface area contributed by atoms with E-state index >= 15 is 0 Å². The largest absolute Gasteiger partial charge is 0.550 e. The van der Waals surface area contributed by atoms with Gasteiger partial charge >= 0.3 is 0 Å². The van der Waals surface area contributed by atoms with Crippen LogP contribution < -0.4 is 9.84 Å². The van der Waals surface area contributed by atoms with Crippen molar-refractivity contribution in [3.8, 4) is 5.75 Å². The van der Waals surface area contributed by atoms with Crippen molar-refractivity contribution in [1.82, 2.24) is 4.57 Å². The molecule has 3 aromatic rings. The molecule has 35 heavy (non-hydrogen) atoms. The van der Waals surface area contributed by atoms with E-state index in [2.05, 4.69) is 0 Å². The predicted octanol–water partition coefficient (Wildman–Crippen LogP) is 3.13. The number of benzene rings is 2. The first-order valence-corrected chi connectivity index (χ1v) is 15.5. The molecule has 1 aliphatic heterocycles. The summed E-state index contributed by atoms with van der Waals surface area (Å²) in [5.74, 6) is -2.70. The molecule has 0 aliphatic carbocycles. The Balaban J connectivity index is 2.21. The lowest BCUT2D eigenvalue weighted by Crippen LogP contribution is -2.32. The van der Waals surface area contributed by atoms with Gasteiger partial charge in [-0.15, -0.1) is 0 Å². The minimum absolute atomic E-state index is 0.0832. The SMILES string of the molecule is COc1cc(S(C)(=O)=O)c2c(Sc3ccc(Cl)cc3)c3n(c2c1S(C)(=O)=O)CCC3C(C)C(=O)[O-]. The van der Waals surface area contributed by atoms with Crippen LogP contribution in [0.1, 0.15) is 25.0 Å². The van der Waals surface area contributed by atoms with Gasteiger partial charge in [0.05, 0.1) is 17.5 Å². The summed E-state index contributed by atoms with van der Waals surface area (Å²) in [7, 11) is -6.43. The van der Waals surface area contributed by atoms with Crippen molar-refractivity contribution in [2.75, 3.05) is 19.6 Å². The Kier molecular flexibility index (Phi) is 6.67. The fourth-order valence-electron chi connectivity index (χ4n) is 4.63. The van der Waals surface area contributed by atoms with Gasteiger partial charge in [0, 0.05) is 68.8 Å². The normalized spacial score (nSPS) is 16.9. The van der Waals surface area contributed by atoms with Crippen molar-refractivity contribution < 1.29 is 31.5 Å². The van der Waals surface area contributed by atoms with Gasteiger partial charge in [-0.05, 0) is 30.7 Å². The number of carbonyl (C=O) groups excluding carboxylic acids is 1. The van der Waals surface area contributed by atoms with Gasteiger partial charge in [-0.1, -0.05) is 30.3 Å². The molecule has 1 aromatic heterocycles. The molecule has 2 unspecified atom stereocenters. The Bertz CT molecular complexity index is 1560. The molecule has 0 spiro atoms. The van der Waals surface area contributed by atoms with Gasteiger partial charge in [-0.2, -0.15) is 0 Å². The summed E-state index contributed by atoms with van der Waals surface area (Å²) in [4.78, 5) is 12.8. The summed E-state index contributed by atoms with van der Waals surface area (Å²) in [5, 5.41) is 12.6. The van der Waals surface area contributed by atoms with Crippen LogP contribution in [0.3, 0.4) is 0 Å². The predicted molar refractivity (Wildman–Crippen MR) is 132 cm³/mol. The highest BCUT2D eigenvalue weighted by molar-refractivity contribution is 7.99. The lowest BCUT2D eigenvalue weighted by Gasteiger charge is -2.21. The number of aliphatic carboxylic acids is 1. The molecular formula is C23H23ClNO7S3-. The van der Waals surface area contributed by atoms with Crippen LogP contribution in [0.15, 0.2) is 49.9 Å². The zero-order valence-electron chi connectivity index (χ0n) is 19.4. The van der Waals surface area contributed by atoms with Gasteiger partial charge in [-0.25, -0.2) is 16.8 Å². The minimum atomic E-state index is -3.87. The van der Waals surface area contributed by atoms with E-state index in [0.29, 0.717) is 28.6 Å². The van der Waals surface area contributed by atoms with Crippen LogP contribution in [0.4, 0.5) is 0 Å². The zero-order valence-corrected chi connectivity index (χ0v) is 22.6. The molecule has 2 aromatic carbocycles. The lowest BCUT2D eigenvalue weighted by molar-refractivity contribution is -0.311. The topological polar surface area (TPSA) is 123 Å². The number of sulfone groups is 2. The molecule has 2 heterocycles. The van der Waals surface area contributed by atoms with Crippen LogP contribution >= 0.6 is 23.4 Å². The fraction of sp³-hybridized carbons (Fsp3) is 0.348. The van der Waals surface area contributed by atoms with Crippen molar-refractivity contribution in [3.05, 3.63) is 41.0 Å². The summed E-state index contributed by atoms with van der Waals surface area (Å²) in [6.07, 6.45) is 2.51. The maximum Gasteiger partial charge on any atom is 0.181 e. The van der Waals surface area contributed by atoms with E-state index in [0.717, 1.165) is 17.4 Å². The fourth-order valence-corrected chi connectivity index (χ4v) is 7.97. The first-order valence-electron chi connectivity index (χ1n) is 10.6. The smallest absolute Gasteiger partial charge is 0.181 e. The first-order chi connectivity index (χ1) is 16.3. The molecule has 4 rings (SSSR count). The standard InChI is InChI=1S/C23H24ClNO7S3/c1-12(23(26)27)15-9-10-25-19(15)21(33-14-7-5-13(24)6-8-14)18-17(34(3,28)29)11-16(32-2)22(20(18)25)35(4,30)31/h5-8,11-12,15H,9-10H2,1-4H3,(H,26,27)/p-1. The van der Waals surface area contributed by atoms with E-state index in [-0.39, 0.29) is 26.4 Å². The monoisotopic (exact) mass is 556 g/mol. The van der Waals surface area contributed by atoms with E-state index in [1.165, 1.54) is 24.9 Å². The maximum atomic E-state index is 12.9. The third kappa shape index (κ3) is 4.54. The second kappa shape index (κ2) is 9.02. The van der Waals surface area contributed by atoms with Crippen molar-refractivity contribution in [2.24, 2.45) is 5.92 Å². The zero-order chi connectivity index (χ0) is 25.9. The number of nitrogens with zero attached hydrogens (tertiary/aromatic N) is 1. The van der Waals surface area contributed by atoms with Crippen molar-refractivity contribution >= 4 is 59.9 Å². The number of carbonyl (C=O) groups is 1. The highest BCUT2D eigenvalue weighted by atomic mass is 35.5. The summed E-state index contributed by atoms with van der Waals surface area (Å²) in [6.45, 7) is 1.85. The van der Waals surface area contributed by atoms with Gasteiger partial charge in [0.15, 0.2) is 19.7 Å². The van der Waals surface area contributed by atoms with Gasteiger partial charge in [0.25, 0.3) is 0 Å². The number of methoxy groups -OCH3 is 1. The number of aromatic nitrogens is 1. The first kappa shape index (κ1) is 25.9. The molecule has 1 aliphatic rings. The van der Waals surface area contributed by atoms with E-state index in [1.54, 1.807) is 35.8 Å². The lowest BCUT2D eigenvalue weighted by atomic mass is 9.90. The number of rotatable bonds is 7. The van der Waals surface area contributed by atoms with Gasteiger partial charge in [-0.3, -0.25) is 0 Å². The Morgan fingerprint density at radius 3 is 2.31 bits per heavy atom. The number of aryl methyl sites for hydroxylation is 1. The van der Waals surface area contributed by atoms with Gasteiger partial charge in [0.1, 0.15) is 10.6 Å². The highest BCUT2D eigenvalue weighted by Crippen LogP contribution is 2.52. The molecule has 0 saturated carbocycles. The van der Waals surface area contributed by atoms with Crippen molar-refractivity contribution in [1.29, 1.82) is 0 Å². The molecule has 0 bridgehead atoms. The Hall–Kier alpha value is -2.21. The molecule has 0 radical (unpaired) electrons. The quantitative estimate of drug-likeness (QED) is 0.435. The van der Waals surface area contributed by atoms with Crippen LogP contribution in [0.25, 0.3) is 10.9 Å². The molecule has 0 amide bonds. The molecule has 12 heteroatoms. The molecule has 0 saturated heterocycles. The minimum Gasteiger partial charge on any atom is -0.550 e. The van der Waals surface area contributed by atoms with E-state index in [1.807, 2.05) is 0 Å². The Morgan fingerprint density at radius 2 is 1.80 bits per heavy atom. The maximum absolute atomic E-state index is 12.9. The average Bonchev–Trinajstić information content (AvgIpc) is 3.31. The highest BCUT2D eigenvalue weighted by Gasteiger charge is 2.38. The summed E-state index contributed by atoms with van der Waals surface area (Å²) in [5.41, 5.74) is 0.770. The second-order valence-electron chi connectivity index (χ2n) is 8.60. The summed E-state index contributed by atoms with van der Waals surface area (Å²) < 4.78 is 58.8. The number of halogens is 1. The molecule has 2 atom stereocenters. The van der Waals surface area contributed by atoms with Crippen molar-refractivity contribution in [3.63, 3.8) is 0 Å². The van der Waals surface area contributed by atoms with E-state index < -0.39 is 37.5 Å². The summed E-state index contributed by atoms with van der Waals surface area (Å²) >= 11 is 7.27. The van der Waals surface area contributed by atoms with Crippen LogP contribution in [-0.2, 0) is 31.0 Å². The molecule has 0 N–H and O–H groups in total. The van der Waals surface area contributed by atoms with E-state index in [9.17, 15) is 26.7 Å². The average molecular weight is 557 g/mol. The van der Waals surface area contributed by atoms with Crippen LogP contribution in [0, 0.1) is 5.92 Å². The van der Waals surface area contributed by atoms with Crippen LogP contribution in [-0.4, -0.2) is 47.0 Å². The van der Waals surface area contributed by atoms with Crippen LogP contribution in [0.5, 0.6) is 5.75 Å².